The summed E-state index contributed by atoms with van der Waals surface area (Å²) in [6, 6.07) is 8.61. The highest BCUT2D eigenvalue weighted by molar-refractivity contribution is 9.10. The van der Waals surface area contributed by atoms with Crippen LogP contribution in [-0.4, -0.2) is 8.42 Å². The van der Waals surface area contributed by atoms with Gasteiger partial charge in [0.25, 0.3) is 10.0 Å². The zero-order chi connectivity index (χ0) is 16.5. The van der Waals surface area contributed by atoms with Gasteiger partial charge in [0, 0.05) is 4.47 Å². The van der Waals surface area contributed by atoms with E-state index in [1.807, 2.05) is 4.72 Å². The standard InChI is InChI=1S/C13H8BrClF3NO2S/c14-8-5-6-11(9(7-8)13(16,17)18)19-22(20,21)12-4-2-1-3-10(12)15/h1-7,19H. The molecule has 0 spiro atoms. The van der Waals surface area contributed by atoms with Crippen LogP contribution in [0.3, 0.4) is 0 Å². The summed E-state index contributed by atoms with van der Waals surface area (Å²) in [6.45, 7) is 0. The monoisotopic (exact) mass is 413 g/mol. The van der Waals surface area contributed by atoms with Crippen LogP contribution in [0, 0.1) is 0 Å². The van der Waals surface area contributed by atoms with Gasteiger partial charge in [-0.05, 0) is 30.3 Å². The predicted octanol–water partition coefficient (Wildman–Crippen LogP) is 4.92. The van der Waals surface area contributed by atoms with Crippen molar-refractivity contribution in [2.75, 3.05) is 4.72 Å². The molecule has 0 amide bonds. The van der Waals surface area contributed by atoms with Gasteiger partial charge in [-0.25, -0.2) is 8.42 Å². The molecule has 0 unspecified atom stereocenters. The van der Waals surface area contributed by atoms with Gasteiger partial charge in [0.05, 0.1) is 16.3 Å². The smallest absolute Gasteiger partial charge is 0.279 e. The zero-order valence-electron chi connectivity index (χ0n) is 10.7. The van der Waals surface area contributed by atoms with Gasteiger partial charge in [-0.1, -0.05) is 39.7 Å². The van der Waals surface area contributed by atoms with Crippen LogP contribution in [0.25, 0.3) is 0 Å². The predicted molar refractivity (Wildman–Crippen MR) is 81.4 cm³/mol. The van der Waals surface area contributed by atoms with E-state index < -0.39 is 27.5 Å². The van der Waals surface area contributed by atoms with Crippen molar-refractivity contribution in [3.8, 4) is 0 Å². The van der Waals surface area contributed by atoms with Crippen molar-refractivity contribution in [2.45, 2.75) is 11.1 Å². The third kappa shape index (κ3) is 3.74. The molecule has 0 radical (unpaired) electrons. The number of alkyl halides is 3. The van der Waals surface area contributed by atoms with Gasteiger partial charge in [-0.15, -0.1) is 0 Å². The summed E-state index contributed by atoms with van der Waals surface area (Å²) in [5.41, 5.74) is -1.67. The van der Waals surface area contributed by atoms with Crippen LogP contribution in [0.15, 0.2) is 51.8 Å². The lowest BCUT2D eigenvalue weighted by Crippen LogP contribution is -2.17. The molecule has 0 heterocycles. The fourth-order valence-corrected chi connectivity index (χ4v) is 3.66. The van der Waals surface area contributed by atoms with Crippen LogP contribution in [0.1, 0.15) is 5.56 Å². The molecule has 1 N–H and O–H groups in total. The average molecular weight is 415 g/mol. The minimum atomic E-state index is -4.71. The number of benzene rings is 2. The van der Waals surface area contributed by atoms with Gasteiger partial charge in [0.15, 0.2) is 0 Å². The molecule has 0 saturated heterocycles. The molecule has 22 heavy (non-hydrogen) atoms. The lowest BCUT2D eigenvalue weighted by atomic mass is 10.2. The minimum absolute atomic E-state index is 0.0827. The highest BCUT2D eigenvalue weighted by Gasteiger charge is 2.35. The second-order valence-electron chi connectivity index (χ2n) is 4.22. The fourth-order valence-electron chi connectivity index (χ4n) is 1.70. The van der Waals surface area contributed by atoms with Crippen LogP contribution in [0.2, 0.25) is 5.02 Å². The Bertz CT molecular complexity index is 809. The number of rotatable bonds is 3. The molecule has 0 aliphatic heterocycles. The molecule has 0 aromatic heterocycles. The molecular weight excluding hydrogens is 407 g/mol. The van der Waals surface area contributed by atoms with Crippen molar-refractivity contribution in [2.24, 2.45) is 0 Å². The zero-order valence-corrected chi connectivity index (χ0v) is 13.8. The van der Waals surface area contributed by atoms with Crippen LogP contribution >= 0.6 is 27.5 Å². The lowest BCUT2D eigenvalue weighted by Gasteiger charge is -2.15. The highest BCUT2D eigenvalue weighted by Crippen LogP contribution is 2.37. The Morgan fingerprint density at radius 1 is 1.09 bits per heavy atom. The summed E-state index contributed by atoms with van der Waals surface area (Å²) in [4.78, 5) is -0.298. The third-order valence-electron chi connectivity index (χ3n) is 2.66. The molecule has 0 bridgehead atoms. The Balaban J connectivity index is 2.50. The Morgan fingerprint density at radius 3 is 2.32 bits per heavy atom. The number of hydrogen-bond acceptors (Lipinski definition) is 2. The molecule has 0 atom stereocenters. The first-order valence-corrected chi connectivity index (χ1v) is 8.41. The number of halogens is 5. The van der Waals surface area contributed by atoms with Crippen LogP contribution in [0.4, 0.5) is 18.9 Å². The normalized spacial score (nSPS) is 12.2. The summed E-state index contributed by atoms with van der Waals surface area (Å²) < 4.78 is 65.5. The van der Waals surface area contributed by atoms with Gasteiger partial charge in [0.1, 0.15) is 4.90 Å². The lowest BCUT2D eigenvalue weighted by molar-refractivity contribution is -0.136. The summed E-state index contributed by atoms with van der Waals surface area (Å²) in [6.07, 6.45) is -4.71. The summed E-state index contributed by atoms with van der Waals surface area (Å²) in [7, 11) is -4.24. The second-order valence-corrected chi connectivity index (χ2v) is 7.20. The van der Waals surface area contributed by atoms with E-state index in [9.17, 15) is 21.6 Å². The van der Waals surface area contributed by atoms with Crippen LogP contribution in [-0.2, 0) is 16.2 Å². The first-order valence-electron chi connectivity index (χ1n) is 5.75. The largest absolute Gasteiger partial charge is 0.418 e. The SMILES string of the molecule is O=S(=O)(Nc1ccc(Br)cc1C(F)(F)F)c1ccccc1Cl. The molecule has 2 rings (SSSR count). The molecule has 0 aliphatic carbocycles. The second kappa shape index (κ2) is 6.10. The van der Waals surface area contributed by atoms with Crippen molar-refractivity contribution in [3.63, 3.8) is 0 Å². The first-order chi connectivity index (χ1) is 10.1. The molecule has 0 fully saturated rings. The maximum absolute atomic E-state index is 13.0. The van der Waals surface area contributed by atoms with Crippen LogP contribution in [0.5, 0.6) is 0 Å². The summed E-state index contributed by atoms with van der Waals surface area (Å²) >= 11 is 8.71. The molecule has 9 heteroatoms. The molecule has 3 nitrogen and oxygen atoms in total. The number of nitrogens with one attached hydrogen (secondary N) is 1. The van der Waals surface area contributed by atoms with Crippen molar-refractivity contribution in [3.05, 3.63) is 57.5 Å². The number of anilines is 1. The van der Waals surface area contributed by atoms with Gasteiger partial charge < -0.3 is 0 Å². The first kappa shape index (κ1) is 17.1. The molecule has 0 aliphatic rings. The maximum atomic E-state index is 13.0. The third-order valence-corrected chi connectivity index (χ3v) is 5.02. The Kier molecular flexibility index (Phi) is 4.74. The maximum Gasteiger partial charge on any atom is 0.418 e. The summed E-state index contributed by atoms with van der Waals surface area (Å²) in [5, 5.41) is -0.0827. The van der Waals surface area contributed by atoms with E-state index >= 15 is 0 Å². The minimum Gasteiger partial charge on any atom is -0.279 e. The Labute approximate surface area is 138 Å². The Hall–Kier alpha value is -1.25. The number of sulfonamides is 1. The van der Waals surface area contributed by atoms with E-state index in [0.29, 0.717) is 0 Å². The van der Waals surface area contributed by atoms with Crippen molar-refractivity contribution >= 4 is 43.2 Å². The van der Waals surface area contributed by atoms with E-state index in [1.165, 1.54) is 30.3 Å². The molecule has 2 aromatic carbocycles. The van der Waals surface area contributed by atoms with E-state index in [0.717, 1.165) is 12.1 Å². The van der Waals surface area contributed by atoms with Gasteiger partial charge >= 0.3 is 6.18 Å². The van der Waals surface area contributed by atoms with Gasteiger partial charge in [-0.2, -0.15) is 13.2 Å². The number of hydrogen-bond donors (Lipinski definition) is 1. The van der Waals surface area contributed by atoms with E-state index in [-0.39, 0.29) is 14.4 Å². The highest BCUT2D eigenvalue weighted by atomic mass is 79.9. The summed E-state index contributed by atoms with van der Waals surface area (Å²) in [5.74, 6) is 0. The van der Waals surface area contributed by atoms with E-state index in [4.69, 9.17) is 11.6 Å². The fraction of sp³-hybridized carbons (Fsp3) is 0.0769. The molecule has 2 aromatic rings. The Morgan fingerprint density at radius 2 is 1.73 bits per heavy atom. The molecular formula is C13H8BrClF3NO2S. The van der Waals surface area contributed by atoms with Crippen molar-refractivity contribution < 1.29 is 21.6 Å². The van der Waals surface area contributed by atoms with Gasteiger partial charge in [0.2, 0.25) is 0 Å². The van der Waals surface area contributed by atoms with Crippen LogP contribution < -0.4 is 4.72 Å². The molecule has 0 saturated carbocycles. The van der Waals surface area contributed by atoms with Gasteiger partial charge in [-0.3, -0.25) is 4.72 Å². The van der Waals surface area contributed by atoms with E-state index in [2.05, 4.69) is 15.9 Å². The van der Waals surface area contributed by atoms with Crippen molar-refractivity contribution in [1.29, 1.82) is 0 Å². The molecule has 118 valence electrons. The van der Waals surface area contributed by atoms with E-state index in [1.54, 1.807) is 0 Å². The quantitative estimate of drug-likeness (QED) is 0.775. The topological polar surface area (TPSA) is 46.2 Å². The van der Waals surface area contributed by atoms with Crippen molar-refractivity contribution in [1.82, 2.24) is 0 Å². The average Bonchev–Trinajstić information content (AvgIpc) is 2.39.